The molecule has 5 aromatic rings. The summed E-state index contributed by atoms with van der Waals surface area (Å²) in [6, 6.07) is 26.9. The molecule has 9 heteroatoms. The number of aromatic nitrogens is 3. The van der Waals surface area contributed by atoms with E-state index in [0.717, 1.165) is 16.8 Å². The molecule has 0 aliphatic rings. The molecule has 0 bridgehead atoms. The highest BCUT2D eigenvalue weighted by atomic mass is 32.2. The van der Waals surface area contributed by atoms with Gasteiger partial charge in [-0.15, -0.1) is 0 Å². The third kappa shape index (κ3) is 4.90. The van der Waals surface area contributed by atoms with Gasteiger partial charge in [0.05, 0.1) is 17.1 Å². The third-order valence-corrected chi connectivity index (χ3v) is 7.90. The molecular weight excluding hydrogens is 509 g/mol. The van der Waals surface area contributed by atoms with E-state index in [-0.39, 0.29) is 17.2 Å². The van der Waals surface area contributed by atoms with Crippen LogP contribution in [0.3, 0.4) is 0 Å². The van der Waals surface area contributed by atoms with Crippen molar-refractivity contribution in [2.75, 3.05) is 5.75 Å². The van der Waals surface area contributed by atoms with Crippen LogP contribution in [0.25, 0.3) is 21.7 Å². The predicted molar refractivity (Wildman–Crippen MR) is 149 cm³/mol. The lowest BCUT2D eigenvalue weighted by atomic mass is 10.2. The van der Waals surface area contributed by atoms with Crippen LogP contribution in [0.5, 0.6) is 0 Å². The smallest absolute Gasteiger partial charge is 0.278 e. The molecule has 6 nitrogen and oxygen atoms in total. The Balaban J connectivity index is 1.55. The number of nitrogens with one attached hydrogen (secondary N) is 1. The molecule has 0 spiro atoms. The van der Waals surface area contributed by atoms with Crippen molar-refractivity contribution in [2.24, 2.45) is 0 Å². The van der Waals surface area contributed by atoms with Crippen LogP contribution in [-0.2, 0) is 11.3 Å². The van der Waals surface area contributed by atoms with E-state index in [1.54, 1.807) is 4.57 Å². The monoisotopic (exact) mass is 530 g/mol. The summed E-state index contributed by atoms with van der Waals surface area (Å²) in [5, 5.41) is 3.37. The fourth-order valence-corrected chi connectivity index (χ4v) is 5.96. The number of fused-ring (bicyclic) bond motifs is 1. The van der Waals surface area contributed by atoms with Crippen molar-refractivity contribution in [1.82, 2.24) is 19.4 Å². The molecule has 0 aliphatic carbocycles. The first-order valence-corrected chi connectivity index (χ1v) is 13.5. The molecular formula is C27H22N4O2S3. The van der Waals surface area contributed by atoms with E-state index in [1.165, 1.54) is 23.1 Å². The van der Waals surface area contributed by atoms with Crippen LogP contribution in [0.4, 0.5) is 0 Å². The van der Waals surface area contributed by atoms with Crippen molar-refractivity contribution < 1.29 is 4.79 Å². The van der Waals surface area contributed by atoms with Crippen LogP contribution in [0.2, 0.25) is 0 Å². The quantitative estimate of drug-likeness (QED) is 0.166. The zero-order chi connectivity index (χ0) is 25.1. The van der Waals surface area contributed by atoms with Gasteiger partial charge in [0.2, 0.25) is 5.91 Å². The number of rotatable bonds is 7. The molecule has 0 fully saturated rings. The van der Waals surface area contributed by atoms with Gasteiger partial charge in [-0.1, -0.05) is 89.8 Å². The number of carbonyl (C=O) groups excluding carboxylic acids is 1. The molecule has 0 aliphatic heterocycles. The molecule has 2 aromatic heterocycles. The van der Waals surface area contributed by atoms with Crippen molar-refractivity contribution in [3.63, 3.8) is 0 Å². The highest BCUT2D eigenvalue weighted by molar-refractivity contribution is 7.99. The average molecular weight is 531 g/mol. The fourth-order valence-electron chi connectivity index (χ4n) is 3.84. The average Bonchev–Trinajstić information content (AvgIpc) is 3.23. The van der Waals surface area contributed by atoms with Gasteiger partial charge in [-0.05, 0) is 48.5 Å². The Morgan fingerprint density at radius 3 is 2.36 bits per heavy atom. The zero-order valence-electron chi connectivity index (χ0n) is 19.4. The topological polar surface area (TPSA) is 68.9 Å². The summed E-state index contributed by atoms with van der Waals surface area (Å²) in [6.07, 6.45) is 0. The van der Waals surface area contributed by atoms with Gasteiger partial charge in [-0.25, -0.2) is 4.98 Å². The highest BCUT2D eigenvalue weighted by Gasteiger charge is 2.20. The van der Waals surface area contributed by atoms with Crippen LogP contribution >= 0.6 is 35.3 Å². The van der Waals surface area contributed by atoms with Crippen molar-refractivity contribution in [3.8, 4) is 11.4 Å². The normalized spacial score (nSPS) is 11.0. The number of aryl methyl sites for hydroxylation is 1. The van der Waals surface area contributed by atoms with Crippen LogP contribution in [0.1, 0.15) is 11.1 Å². The molecule has 0 atom stereocenters. The van der Waals surface area contributed by atoms with Gasteiger partial charge in [0, 0.05) is 6.54 Å². The van der Waals surface area contributed by atoms with Crippen LogP contribution in [0, 0.1) is 10.9 Å². The van der Waals surface area contributed by atoms with Crippen molar-refractivity contribution in [1.29, 1.82) is 0 Å². The number of nitrogens with zero attached hydrogens (tertiary/aromatic N) is 3. The zero-order valence-corrected chi connectivity index (χ0v) is 21.8. The van der Waals surface area contributed by atoms with E-state index in [0.29, 0.717) is 31.7 Å². The van der Waals surface area contributed by atoms with E-state index in [2.05, 4.69) is 5.32 Å². The molecule has 0 saturated carbocycles. The fraction of sp³-hybridized carbons (Fsp3) is 0.111. The second-order valence-corrected chi connectivity index (χ2v) is 10.7. The minimum Gasteiger partial charge on any atom is -0.351 e. The first-order valence-electron chi connectivity index (χ1n) is 11.3. The summed E-state index contributed by atoms with van der Waals surface area (Å²) in [7, 11) is 0. The molecule has 3 aromatic carbocycles. The summed E-state index contributed by atoms with van der Waals surface area (Å²) in [4.78, 5) is 31.3. The van der Waals surface area contributed by atoms with Crippen molar-refractivity contribution >= 4 is 51.6 Å². The Bertz CT molecular complexity index is 1660. The maximum absolute atomic E-state index is 13.7. The minimum absolute atomic E-state index is 0.118. The molecule has 0 radical (unpaired) electrons. The first kappa shape index (κ1) is 24.2. The van der Waals surface area contributed by atoms with Crippen LogP contribution in [-0.4, -0.2) is 25.8 Å². The number of para-hydroxylation sites is 2. The van der Waals surface area contributed by atoms with Gasteiger partial charge in [-0.2, -0.15) is 0 Å². The van der Waals surface area contributed by atoms with Gasteiger partial charge in [-0.3, -0.25) is 18.7 Å². The summed E-state index contributed by atoms with van der Waals surface area (Å²) in [5.41, 5.74) is 3.91. The van der Waals surface area contributed by atoms with E-state index in [1.807, 2.05) is 96.4 Å². The predicted octanol–water partition coefficient (Wildman–Crippen LogP) is 5.68. The Morgan fingerprint density at radius 2 is 1.64 bits per heavy atom. The number of thioether (sulfide) groups is 1. The Morgan fingerprint density at radius 1 is 0.972 bits per heavy atom. The maximum atomic E-state index is 13.7. The number of thiazole rings is 1. The summed E-state index contributed by atoms with van der Waals surface area (Å²) in [6.45, 7) is 2.44. The van der Waals surface area contributed by atoms with Crippen molar-refractivity contribution in [2.45, 2.75) is 18.6 Å². The summed E-state index contributed by atoms with van der Waals surface area (Å²) in [5.74, 6) is -0.0220. The van der Waals surface area contributed by atoms with Crippen LogP contribution < -0.4 is 10.9 Å². The second kappa shape index (κ2) is 10.6. The lowest BCUT2D eigenvalue weighted by Gasteiger charge is -2.13. The minimum atomic E-state index is -0.207. The van der Waals surface area contributed by atoms with E-state index >= 15 is 0 Å². The van der Waals surface area contributed by atoms with Gasteiger partial charge >= 0.3 is 0 Å². The number of benzene rings is 3. The number of hydrogen-bond acceptors (Lipinski definition) is 6. The Labute approximate surface area is 221 Å². The first-order chi connectivity index (χ1) is 17.5. The molecule has 180 valence electrons. The molecule has 0 unspecified atom stereocenters. The summed E-state index contributed by atoms with van der Waals surface area (Å²) >= 11 is 8.15. The SMILES string of the molecule is Cc1ccccc1-n1c(=S)sc2c(=O)n(-c3ccccc3)c(SCC(=O)NCc3ccccc3)nc21. The van der Waals surface area contributed by atoms with Crippen molar-refractivity contribution in [3.05, 3.63) is 110 Å². The molecule has 2 heterocycles. The van der Waals surface area contributed by atoms with E-state index in [4.69, 9.17) is 17.2 Å². The lowest BCUT2D eigenvalue weighted by molar-refractivity contribution is -0.118. The van der Waals surface area contributed by atoms with Crippen LogP contribution in [0.15, 0.2) is 94.9 Å². The number of hydrogen-bond donors (Lipinski definition) is 1. The number of amides is 1. The third-order valence-electron chi connectivity index (χ3n) is 5.61. The largest absolute Gasteiger partial charge is 0.351 e. The highest BCUT2D eigenvalue weighted by Crippen LogP contribution is 2.28. The molecule has 0 saturated heterocycles. The van der Waals surface area contributed by atoms with Gasteiger partial charge in [0.1, 0.15) is 4.70 Å². The Hall–Kier alpha value is -3.53. The van der Waals surface area contributed by atoms with Gasteiger partial charge in [0.15, 0.2) is 14.8 Å². The standard InChI is InChI=1S/C27H22N4O2S3/c1-18-10-8-9-15-21(18)31-24-23(36-27(31)34)25(33)30(20-13-6-3-7-14-20)26(29-24)35-17-22(32)28-16-19-11-4-2-5-12-19/h2-15H,16-17H2,1H3,(H,28,32). The second-order valence-electron chi connectivity index (χ2n) is 8.06. The molecule has 1 amide bonds. The summed E-state index contributed by atoms with van der Waals surface area (Å²) < 4.78 is 4.43. The Kier molecular flexibility index (Phi) is 7.13. The lowest BCUT2D eigenvalue weighted by Crippen LogP contribution is -2.26. The van der Waals surface area contributed by atoms with Gasteiger partial charge in [0.25, 0.3) is 5.56 Å². The van der Waals surface area contributed by atoms with E-state index in [9.17, 15) is 9.59 Å². The maximum Gasteiger partial charge on any atom is 0.278 e. The van der Waals surface area contributed by atoms with E-state index < -0.39 is 0 Å². The molecule has 1 N–H and O–H groups in total. The molecule has 36 heavy (non-hydrogen) atoms. The molecule has 5 rings (SSSR count). The van der Waals surface area contributed by atoms with Gasteiger partial charge < -0.3 is 5.32 Å². The number of carbonyl (C=O) groups is 1.